The van der Waals surface area contributed by atoms with Crippen LogP contribution in [-0.2, 0) is 9.53 Å². The summed E-state index contributed by atoms with van der Waals surface area (Å²) in [7, 11) is 0. The Kier molecular flexibility index (Phi) is 5.17. The Morgan fingerprint density at radius 2 is 2.00 bits per heavy atom. The Morgan fingerprint density at radius 3 is 2.67 bits per heavy atom. The van der Waals surface area contributed by atoms with Gasteiger partial charge in [0.1, 0.15) is 5.82 Å². The summed E-state index contributed by atoms with van der Waals surface area (Å²) in [6, 6.07) is 12.2. The van der Waals surface area contributed by atoms with Crippen molar-refractivity contribution in [2.24, 2.45) is 0 Å². The number of nitrogens with one attached hydrogen (secondary N) is 1. The molecule has 0 spiro atoms. The number of halogens is 2. The first kappa shape index (κ1) is 15.3. The van der Waals surface area contributed by atoms with Crippen molar-refractivity contribution in [1.29, 1.82) is 0 Å². The van der Waals surface area contributed by atoms with Gasteiger partial charge >= 0.3 is 5.97 Å². The van der Waals surface area contributed by atoms with Gasteiger partial charge in [-0.15, -0.1) is 0 Å². The Morgan fingerprint density at radius 1 is 1.29 bits per heavy atom. The van der Waals surface area contributed by atoms with Crippen LogP contribution in [0.25, 0.3) is 0 Å². The molecule has 2 aromatic rings. The third-order valence-electron chi connectivity index (χ3n) is 2.88. The van der Waals surface area contributed by atoms with Gasteiger partial charge in [-0.2, -0.15) is 0 Å². The molecule has 21 heavy (non-hydrogen) atoms. The fraction of sp³-hybridized carbons (Fsp3) is 0.188. The number of carbonyl (C=O) groups is 1. The van der Waals surface area contributed by atoms with E-state index in [2.05, 4.69) is 5.32 Å². The van der Waals surface area contributed by atoms with E-state index in [0.29, 0.717) is 10.7 Å². The molecule has 0 saturated carbocycles. The van der Waals surface area contributed by atoms with Crippen LogP contribution in [-0.4, -0.2) is 12.6 Å². The summed E-state index contributed by atoms with van der Waals surface area (Å²) in [6.45, 7) is 1.92. The molecule has 1 N–H and O–H groups in total. The van der Waals surface area contributed by atoms with E-state index in [4.69, 9.17) is 16.3 Å². The molecule has 0 aromatic heterocycles. The zero-order valence-corrected chi connectivity index (χ0v) is 12.2. The average Bonchev–Trinajstić information content (AvgIpc) is 2.49. The van der Waals surface area contributed by atoms with Crippen molar-refractivity contribution in [3.05, 3.63) is 64.9 Å². The fourth-order valence-electron chi connectivity index (χ4n) is 1.93. The second kappa shape index (κ2) is 7.09. The lowest BCUT2D eigenvalue weighted by atomic mass is 10.1. The quantitative estimate of drug-likeness (QED) is 0.842. The van der Waals surface area contributed by atoms with Gasteiger partial charge in [0.25, 0.3) is 0 Å². The van der Waals surface area contributed by atoms with Gasteiger partial charge in [0.2, 0.25) is 0 Å². The van der Waals surface area contributed by atoms with Crippen molar-refractivity contribution in [2.75, 3.05) is 11.9 Å². The average molecular weight is 308 g/mol. The largest absolute Gasteiger partial charge is 0.464 e. The SMILES string of the molecule is CCOC(=O)C(Nc1ccccc1)c1cc(Cl)ccc1F. The molecule has 2 aromatic carbocycles. The lowest BCUT2D eigenvalue weighted by Gasteiger charge is -2.19. The number of rotatable bonds is 5. The van der Waals surface area contributed by atoms with E-state index in [1.54, 1.807) is 19.1 Å². The molecule has 0 bridgehead atoms. The predicted molar refractivity (Wildman–Crippen MR) is 80.8 cm³/mol. The maximum Gasteiger partial charge on any atom is 0.333 e. The summed E-state index contributed by atoms with van der Waals surface area (Å²) >= 11 is 5.90. The maximum atomic E-state index is 14.0. The normalized spacial score (nSPS) is 11.8. The van der Waals surface area contributed by atoms with Gasteiger partial charge in [0.05, 0.1) is 6.61 Å². The van der Waals surface area contributed by atoms with Gasteiger partial charge in [-0.1, -0.05) is 29.8 Å². The molecule has 0 amide bonds. The number of esters is 1. The molecule has 0 aliphatic heterocycles. The van der Waals surface area contributed by atoms with Crippen molar-refractivity contribution in [2.45, 2.75) is 13.0 Å². The summed E-state index contributed by atoms with van der Waals surface area (Å²) in [5, 5.41) is 3.33. The van der Waals surface area contributed by atoms with Crippen molar-refractivity contribution >= 4 is 23.3 Å². The van der Waals surface area contributed by atoms with E-state index in [1.807, 2.05) is 18.2 Å². The van der Waals surface area contributed by atoms with E-state index in [0.717, 1.165) is 0 Å². The Bertz CT molecular complexity index is 619. The number of benzene rings is 2. The van der Waals surface area contributed by atoms with Gasteiger partial charge < -0.3 is 10.1 Å². The molecule has 110 valence electrons. The minimum atomic E-state index is -0.953. The van der Waals surface area contributed by atoms with Gasteiger partial charge in [-0.05, 0) is 37.3 Å². The standard InChI is InChI=1S/C16H15ClFNO2/c1-2-21-16(20)15(19-12-6-4-3-5-7-12)13-10-11(17)8-9-14(13)18/h3-10,15,19H,2H2,1H3. The molecule has 0 aliphatic rings. The van der Waals surface area contributed by atoms with E-state index >= 15 is 0 Å². The van der Waals surface area contributed by atoms with Crippen molar-refractivity contribution in [3.8, 4) is 0 Å². The number of ether oxygens (including phenoxy) is 1. The molecule has 0 saturated heterocycles. The van der Waals surface area contributed by atoms with Crippen LogP contribution in [0, 0.1) is 5.82 Å². The van der Waals surface area contributed by atoms with Crippen LogP contribution in [0.3, 0.4) is 0 Å². The summed E-state index contributed by atoms with van der Waals surface area (Å²) < 4.78 is 19.0. The van der Waals surface area contributed by atoms with Crippen LogP contribution < -0.4 is 5.32 Å². The van der Waals surface area contributed by atoms with Gasteiger partial charge in [0.15, 0.2) is 6.04 Å². The van der Waals surface area contributed by atoms with Crippen molar-refractivity contribution in [1.82, 2.24) is 0 Å². The van der Waals surface area contributed by atoms with Crippen molar-refractivity contribution < 1.29 is 13.9 Å². The first-order valence-electron chi connectivity index (χ1n) is 6.55. The molecule has 0 radical (unpaired) electrons. The highest BCUT2D eigenvalue weighted by Gasteiger charge is 2.25. The van der Waals surface area contributed by atoms with E-state index in [1.165, 1.54) is 18.2 Å². The Hall–Kier alpha value is -2.07. The lowest BCUT2D eigenvalue weighted by molar-refractivity contribution is -0.144. The van der Waals surface area contributed by atoms with Gasteiger partial charge in [-0.3, -0.25) is 0 Å². The van der Waals surface area contributed by atoms with Crippen LogP contribution in [0.15, 0.2) is 48.5 Å². The Labute approximate surface area is 127 Å². The van der Waals surface area contributed by atoms with E-state index in [-0.39, 0.29) is 12.2 Å². The van der Waals surface area contributed by atoms with Gasteiger partial charge in [0, 0.05) is 16.3 Å². The molecule has 0 fully saturated rings. The molecule has 3 nitrogen and oxygen atoms in total. The lowest BCUT2D eigenvalue weighted by Crippen LogP contribution is -2.24. The third-order valence-corrected chi connectivity index (χ3v) is 3.11. The molecular weight excluding hydrogens is 293 g/mol. The number of hydrogen-bond donors (Lipinski definition) is 1. The summed E-state index contributed by atoms with van der Waals surface area (Å²) in [5.41, 5.74) is 0.847. The molecular formula is C16H15ClFNO2. The molecule has 5 heteroatoms. The minimum absolute atomic E-state index is 0.157. The van der Waals surface area contributed by atoms with Crippen LogP contribution >= 0.6 is 11.6 Å². The van der Waals surface area contributed by atoms with E-state index < -0.39 is 17.8 Å². The van der Waals surface area contributed by atoms with Crippen LogP contribution in [0.4, 0.5) is 10.1 Å². The third kappa shape index (κ3) is 3.95. The highest BCUT2D eigenvalue weighted by atomic mass is 35.5. The molecule has 1 atom stereocenters. The number of hydrogen-bond acceptors (Lipinski definition) is 3. The molecule has 0 heterocycles. The molecule has 2 rings (SSSR count). The zero-order valence-electron chi connectivity index (χ0n) is 11.5. The van der Waals surface area contributed by atoms with Crippen LogP contribution in [0.2, 0.25) is 5.02 Å². The molecule has 1 unspecified atom stereocenters. The number of carbonyl (C=O) groups excluding carboxylic acids is 1. The maximum absolute atomic E-state index is 14.0. The second-order valence-corrected chi connectivity index (χ2v) is 4.80. The topological polar surface area (TPSA) is 38.3 Å². The summed E-state index contributed by atoms with van der Waals surface area (Å²) in [4.78, 5) is 12.1. The first-order chi connectivity index (χ1) is 10.1. The minimum Gasteiger partial charge on any atom is -0.464 e. The number of anilines is 1. The second-order valence-electron chi connectivity index (χ2n) is 4.36. The number of para-hydroxylation sites is 1. The van der Waals surface area contributed by atoms with Gasteiger partial charge in [-0.25, -0.2) is 9.18 Å². The highest BCUT2D eigenvalue weighted by molar-refractivity contribution is 6.30. The molecule has 0 aliphatic carbocycles. The van der Waals surface area contributed by atoms with Crippen LogP contribution in [0.5, 0.6) is 0 Å². The predicted octanol–water partition coefficient (Wildman–Crippen LogP) is 4.20. The fourth-order valence-corrected chi connectivity index (χ4v) is 2.11. The smallest absolute Gasteiger partial charge is 0.333 e. The van der Waals surface area contributed by atoms with Crippen molar-refractivity contribution in [3.63, 3.8) is 0 Å². The summed E-state index contributed by atoms with van der Waals surface area (Å²) in [5.74, 6) is -1.07. The highest BCUT2D eigenvalue weighted by Crippen LogP contribution is 2.26. The summed E-state index contributed by atoms with van der Waals surface area (Å²) in [6.07, 6.45) is 0. The van der Waals surface area contributed by atoms with Crippen LogP contribution in [0.1, 0.15) is 18.5 Å². The Balaban J connectivity index is 2.36. The zero-order chi connectivity index (χ0) is 15.2. The van der Waals surface area contributed by atoms with E-state index in [9.17, 15) is 9.18 Å². The first-order valence-corrected chi connectivity index (χ1v) is 6.92. The monoisotopic (exact) mass is 307 g/mol.